The molecule has 1 fully saturated rings. The first-order valence-corrected chi connectivity index (χ1v) is 14.2. The number of anilines is 1. The van der Waals surface area contributed by atoms with Gasteiger partial charge in [-0.05, 0) is 70.8 Å². The van der Waals surface area contributed by atoms with Crippen molar-refractivity contribution in [3.63, 3.8) is 0 Å². The van der Waals surface area contributed by atoms with Gasteiger partial charge in [-0.15, -0.1) is 0 Å². The van der Waals surface area contributed by atoms with Gasteiger partial charge in [-0.25, -0.2) is 0 Å². The van der Waals surface area contributed by atoms with Crippen LogP contribution < -0.4 is 14.4 Å². The van der Waals surface area contributed by atoms with Gasteiger partial charge < -0.3 is 9.47 Å². The predicted octanol–water partition coefficient (Wildman–Crippen LogP) is 8.48. The molecule has 1 heterocycles. The molecule has 0 aliphatic carbocycles. The fraction of sp³-hybridized carbons (Fsp3) is 0.103. The lowest BCUT2D eigenvalue weighted by Crippen LogP contribution is -2.27. The van der Waals surface area contributed by atoms with Gasteiger partial charge >= 0.3 is 0 Å². The first-order chi connectivity index (χ1) is 18.0. The van der Waals surface area contributed by atoms with Gasteiger partial charge in [0.25, 0.3) is 5.91 Å². The van der Waals surface area contributed by atoms with E-state index in [9.17, 15) is 4.79 Å². The van der Waals surface area contributed by atoms with Crippen molar-refractivity contribution in [1.82, 2.24) is 0 Å². The fourth-order valence-corrected chi connectivity index (χ4v) is 6.33. The molecular formula is C29H21ClINO3S2. The Bertz CT molecular complexity index is 1550. The summed E-state index contributed by atoms with van der Waals surface area (Å²) in [5, 5.41) is 2.69. The van der Waals surface area contributed by atoms with Crippen molar-refractivity contribution in [3.8, 4) is 11.5 Å². The fourth-order valence-electron chi connectivity index (χ4n) is 4.07. The Morgan fingerprint density at radius 3 is 2.59 bits per heavy atom. The number of ether oxygens (including phenoxy) is 2. The Balaban J connectivity index is 1.45. The van der Waals surface area contributed by atoms with E-state index < -0.39 is 0 Å². The standard InChI is InChI=1S/C29H21ClINO3S2/c1-2-34-25-15-18(14-23(31)27(25)35-17-20-9-4-6-12-22(20)30)16-26-28(33)32(29(36)37-26)24-13-7-10-19-8-3-5-11-21(19)24/h3-16H,2,17H2,1H3/b26-16-. The Morgan fingerprint density at radius 2 is 1.78 bits per heavy atom. The van der Waals surface area contributed by atoms with Gasteiger partial charge in [0.1, 0.15) is 6.61 Å². The van der Waals surface area contributed by atoms with Crippen molar-refractivity contribution in [3.05, 3.63) is 103 Å². The van der Waals surface area contributed by atoms with Crippen molar-refractivity contribution in [2.24, 2.45) is 0 Å². The number of benzene rings is 4. The highest BCUT2D eigenvalue weighted by molar-refractivity contribution is 14.1. The number of hydrogen-bond donors (Lipinski definition) is 0. The van der Waals surface area contributed by atoms with E-state index in [1.54, 1.807) is 4.90 Å². The average Bonchev–Trinajstić information content (AvgIpc) is 3.16. The van der Waals surface area contributed by atoms with Crippen molar-refractivity contribution >= 4 is 90.9 Å². The Hall–Kier alpha value is -2.59. The maximum Gasteiger partial charge on any atom is 0.270 e. The van der Waals surface area contributed by atoms with E-state index in [1.165, 1.54) is 11.8 Å². The third-order valence-electron chi connectivity index (χ3n) is 5.76. The van der Waals surface area contributed by atoms with Crippen molar-refractivity contribution in [2.45, 2.75) is 13.5 Å². The molecular weight excluding hydrogens is 637 g/mol. The van der Waals surface area contributed by atoms with E-state index in [4.69, 9.17) is 33.3 Å². The van der Waals surface area contributed by atoms with Crippen LogP contribution in [0.1, 0.15) is 18.1 Å². The lowest BCUT2D eigenvalue weighted by atomic mass is 10.1. The zero-order valence-electron chi connectivity index (χ0n) is 19.7. The summed E-state index contributed by atoms with van der Waals surface area (Å²) in [4.78, 5) is 15.7. The second kappa shape index (κ2) is 11.4. The minimum Gasteiger partial charge on any atom is -0.490 e. The zero-order valence-corrected chi connectivity index (χ0v) is 24.3. The number of rotatable bonds is 7. The van der Waals surface area contributed by atoms with Gasteiger partial charge in [-0.1, -0.05) is 90.2 Å². The second-order valence-corrected chi connectivity index (χ2v) is 11.4. The molecule has 0 aromatic heterocycles. The van der Waals surface area contributed by atoms with Gasteiger partial charge in [0.2, 0.25) is 0 Å². The average molecular weight is 658 g/mol. The van der Waals surface area contributed by atoms with Gasteiger partial charge in [-0.3, -0.25) is 9.69 Å². The Labute approximate surface area is 243 Å². The molecule has 0 saturated carbocycles. The number of halogens is 2. The van der Waals surface area contributed by atoms with Gasteiger partial charge in [0.05, 0.1) is 20.8 Å². The Morgan fingerprint density at radius 1 is 1.03 bits per heavy atom. The molecule has 4 aromatic rings. The molecule has 0 bridgehead atoms. The van der Waals surface area contributed by atoms with Crippen LogP contribution in [0.3, 0.4) is 0 Å². The molecule has 0 atom stereocenters. The highest BCUT2D eigenvalue weighted by Crippen LogP contribution is 2.41. The molecule has 0 spiro atoms. The molecule has 1 aliphatic rings. The monoisotopic (exact) mass is 657 g/mol. The quantitative estimate of drug-likeness (QED) is 0.113. The molecule has 5 rings (SSSR count). The third-order valence-corrected chi connectivity index (χ3v) is 8.23. The number of thiocarbonyl (C=S) groups is 1. The number of amides is 1. The van der Waals surface area contributed by atoms with Gasteiger partial charge in [0.15, 0.2) is 15.8 Å². The summed E-state index contributed by atoms with van der Waals surface area (Å²) < 4.78 is 13.4. The number of nitrogens with zero attached hydrogens (tertiary/aromatic N) is 1. The van der Waals surface area contributed by atoms with E-state index >= 15 is 0 Å². The number of thioether (sulfide) groups is 1. The highest BCUT2D eigenvalue weighted by atomic mass is 127. The van der Waals surface area contributed by atoms with Crippen LogP contribution in [0.2, 0.25) is 5.02 Å². The van der Waals surface area contributed by atoms with Crippen LogP contribution in [-0.4, -0.2) is 16.8 Å². The van der Waals surface area contributed by atoms with E-state index in [0.717, 1.165) is 31.2 Å². The molecule has 186 valence electrons. The number of carbonyl (C=O) groups is 1. The highest BCUT2D eigenvalue weighted by Gasteiger charge is 2.34. The molecule has 0 radical (unpaired) electrons. The topological polar surface area (TPSA) is 38.8 Å². The maximum atomic E-state index is 13.5. The molecule has 0 N–H and O–H groups in total. The summed E-state index contributed by atoms with van der Waals surface area (Å²) in [6.07, 6.45) is 1.85. The van der Waals surface area contributed by atoms with Crippen LogP contribution in [0, 0.1) is 3.57 Å². The summed E-state index contributed by atoms with van der Waals surface area (Å²) >= 11 is 15.5. The van der Waals surface area contributed by atoms with E-state index in [-0.39, 0.29) is 5.91 Å². The molecule has 4 aromatic carbocycles. The van der Waals surface area contributed by atoms with Crippen molar-refractivity contribution in [1.29, 1.82) is 0 Å². The maximum absolute atomic E-state index is 13.5. The lowest BCUT2D eigenvalue weighted by molar-refractivity contribution is -0.113. The molecule has 0 unspecified atom stereocenters. The summed E-state index contributed by atoms with van der Waals surface area (Å²) in [6, 6.07) is 25.3. The minimum atomic E-state index is -0.140. The number of hydrogen-bond acceptors (Lipinski definition) is 5. The van der Waals surface area contributed by atoms with E-state index in [2.05, 4.69) is 22.6 Å². The SMILES string of the molecule is CCOc1cc(/C=C2\SC(=S)N(c3cccc4ccccc34)C2=O)cc(I)c1OCc1ccccc1Cl. The van der Waals surface area contributed by atoms with Gasteiger partial charge in [0, 0.05) is 16.0 Å². The molecule has 1 aliphatic heterocycles. The zero-order chi connectivity index (χ0) is 25.9. The second-order valence-electron chi connectivity index (χ2n) is 8.16. The molecule has 4 nitrogen and oxygen atoms in total. The van der Waals surface area contributed by atoms with Crippen LogP contribution in [0.15, 0.2) is 83.8 Å². The minimum absolute atomic E-state index is 0.140. The summed E-state index contributed by atoms with van der Waals surface area (Å²) in [5.41, 5.74) is 2.51. The number of fused-ring (bicyclic) bond motifs is 1. The van der Waals surface area contributed by atoms with Crippen molar-refractivity contribution < 1.29 is 14.3 Å². The normalized spacial score (nSPS) is 14.6. The molecule has 1 saturated heterocycles. The molecule has 8 heteroatoms. The largest absolute Gasteiger partial charge is 0.490 e. The smallest absolute Gasteiger partial charge is 0.270 e. The van der Waals surface area contributed by atoms with Crippen LogP contribution in [-0.2, 0) is 11.4 Å². The molecule has 1 amide bonds. The van der Waals surface area contributed by atoms with E-state index in [1.807, 2.05) is 91.9 Å². The van der Waals surface area contributed by atoms with Gasteiger partial charge in [-0.2, -0.15) is 0 Å². The van der Waals surface area contributed by atoms with Crippen LogP contribution in [0.4, 0.5) is 5.69 Å². The predicted molar refractivity (Wildman–Crippen MR) is 166 cm³/mol. The number of carbonyl (C=O) groups excluding carboxylic acids is 1. The summed E-state index contributed by atoms with van der Waals surface area (Å²) in [6.45, 7) is 2.72. The lowest BCUT2D eigenvalue weighted by Gasteiger charge is -2.17. The van der Waals surface area contributed by atoms with Crippen LogP contribution in [0.25, 0.3) is 16.8 Å². The van der Waals surface area contributed by atoms with Crippen molar-refractivity contribution in [2.75, 3.05) is 11.5 Å². The first kappa shape index (κ1) is 26.0. The van der Waals surface area contributed by atoms with E-state index in [0.29, 0.717) is 39.0 Å². The third kappa shape index (κ3) is 5.50. The molecule has 37 heavy (non-hydrogen) atoms. The summed E-state index contributed by atoms with van der Waals surface area (Å²) in [5.74, 6) is 1.11. The first-order valence-electron chi connectivity index (χ1n) is 11.5. The van der Waals surface area contributed by atoms with Crippen LogP contribution >= 0.6 is 58.2 Å². The summed E-state index contributed by atoms with van der Waals surface area (Å²) in [7, 11) is 0. The van der Waals surface area contributed by atoms with Crippen LogP contribution in [0.5, 0.6) is 11.5 Å². The Kier molecular flexibility index (Phi) is 8.04.